The highest BCUT2D eigenvalue weighted by Crippen LogP contribution is 2.20. The molecule has 0 bridgehead atoms. The Bertz CT molecular complexity index is 827. The third-order valence-corrected chi connectivity index (χ3v) is 4.76. The summed E-state index contributed by atoms with van der Waals surface area (Å²) in [5.74, 6) is -0.702. The van der Waals surface area contributed by atoms with E-state index in [1.165, 1.54) is 24.3 Å². The molecule has 1 amide bonds. The molecule has 0 aromatic heterocycles. The molecular formula is C21H21ClFNO4. The molecule has 0 spiro atoms. The molecule has 2 aromatic rings. The van der Waals surface area contributed by atoms with E-state index in [0.717, 1.165) is 0 Å². The Morgan fingerprint density at radius 1 is 1.14 bits per heavy atom. The van der Waals surface area contributed by atoms with Crippen molar-refractivity contribution in [2.24, 2.45) is 5.92 Å². The fourth-order valence-corrected chi connectivity index (χ4v) is 3.29. The zero-order valence-corrected chi connectivity index (χ0v) is 16.0. The van der Waals surface area contributed by atoms with Crippen molar-refractivity contribution in [3.8, 4) is 5.75 Å². The van der Waals surface area contributed by atoms with Gasteiger partial charge in [0, 0.05) is 23.7 Å². The molecule has 148 valence electrons. The normalized spacial score (nSPS) is 16.5. The maximum Gasteiger partial charge on any atom is 0.310 e. The van der Waals surface area contributed by atoms with Gasteiger partial charge in [0.25, 0.3) is 5.91 Å². The van der Waals surface area contributed by atoms with E-state index in [1.807, 2.05) is 0 Å². The molecule has 0 N–H and O–H groups in total. The first kappa shape index (κ1) is 20.1. The number of likely N-dealkylation sites (tertiary alicyclic amines) is 1. The molecule has 28 heavy (non-hydrogen) atoms. The van der Waals surface area contributed by atoms with Crippen LogP contribution < -0.4 is 4.74 Å². The van der Waals surface area contributed by atoms with Gasteiger partial charge in [-0.25, -0.2) is 4.39 Å². The summed E-state index contributed by atoms with van der Waals surface area (Å²) in [6.45, 7) is 1.20. The summed E-state index contributed by atoms with van der Waals surface area (Å²) >= 11 is 5.88. The number of amides is 1. The van der Waals surface area contributed by atoms with Crippen LogP contribution in [0.15, 0.2) is 48.5 Å². The summed E-state index contributed by atoms with van der Waals surface area (Å²) in [4.78, 5) is 26.5. The van der Waals surface area contributed by atoms with E-state index in [2.05, 4.69) is 0 Å². The number of nitrogens with zero attached hydrogens (tertiary/aromatic N) is 1. The highest BCUT2D eigenvalue weighted by molar-refractivity contribution is 6.30. The van der Waals surface area contributed by atoms with E-state index in [-0.39, 0.29) is 31.0 Å². The summed E-state index contributed by atoms with van der Waals surface area (Å²) in [6, 6.07) is 12.4. The van der Waals surface area contributed by atoms with Crippen LogP contribution in [0.5, 0.6) is 5.75 Å². The molecule has 0 radical (unpaired) electrons. The van der Waals surface area contributed by atoms with Crippen molar-refractivity contribution < 1.29 is 23.5 Å². The zero-order valence-electron chi connectivity index (χ0n) is 15.3. The van der Waals surface area contributed by atoms with E-state index in [9.17, 15) is 14.0 Å². The van der Waals surface area contributed by atoms with E-state index < -0.39 is 5.82 Å². The molecule has 5 nitrogen and oxygen atoms in total. The lowest BCUT2D eigenvalue weighted by atomic mass is 9.97. The van der Waals surface area contributed by atoms with Gasteiger partial charge in [0.05, 0.1) is 5.92 Å². The van der Waals surface area contributed by atoms with Crippen LogP contribution in [-0.4, -0.2) is 43.1 Å². The van der Waals surface area contributed by atoms with Gasteiger partial charge in [0.2, 0.25) is 0 Å². The number of hydrogen-bond acceptors (Lipinski definition) is 4. The summed E-state index contributed by atoms with van der Waals surface area (Å²) in [6.07, 6.45) is 1.38. The molecule has 1 unspecified atom stereocenters. The number of benzene rings is 2. The number of ether oxygens (including phenoxy) is 2. The molecule has 1 fully saturated rings. The highest BCUT2D eigenvalue weighted by Gasteiger charge is 2.30. The molecule has 1 heterocycles. The van der Waals surface area contributed by atoms with Gasteiger partial charge in [-0.3, -0.25) is 9.59 Å². The summed E-state index contributed by atoms with van der Waals surface area (Å²) < 4.78 is 23.8. The molecule has 0 aliphatic carbocycles. The molecule has 1 aliphatic heterocycles. The van der Waals surface area contributed by atoms with Crippen molar-refractivity contribution in [1.82, 2.24) is 4.90 Å². The Labute approximate surface area is 168 Å². The minimum absolute atomic E-state index is 0.119. The van der Waals surface area contributed by atoms with Crippen LogP contribution >= 0.6 is 11.6 Å². The maximum atomic E-state index is 13.0. The van der Waals surface area contributed by atoms with Gasteiger partial charge in [0.15, 0.2) is 0 Å². The predicted molar refractivity (Wildman–Crippen MR) is 103 cm³/mol. The van der Waals surface area contributed by atoms with Crippen LogP contribution in [0.2, 0.25) is 5.02 Å². The Hall–Kier alpha value is -2.60. The quantitative estimate of drug-likeness (QED) is 0.539. The van der Waals surface area contributed by atoms with Gasteiger partial charge in [-0.2, -0.15) is 0 Å². The molecule has 0 saturated carbocycles. The van der Waals surface area contributed by atoms with Crippen molar-refractivity contribution in [1.29, 1.82) is 0 Å². The van der Waals surface area contributed by atoms with Crippen molar-refractivity contribution in [3.05, 3.63) is 64.9 Å². The molecule has 1 aliphatic rings. The molecule has 7 heteroatoms. The lowest BCUT2D eigenvalue weighted by Crippen LogP contribution is -2.43. The smallest absolute Gasteiger partial charge is 0.310 e. The molecule has 3 rings (SSSR count). The van der Waals surface area contributed by atoms with Gasteiger partial charge in [-0.1, -0.05) is 17.7 Å². The first-order chi connectivity index (χ1) is 13.5. The number of hydrogen-bond donors (Lipinski definition) is 0. The van der Waals surface area contributed by atoms with Crippen molar-refractivity contribution >= 4 is 23.5 Å². The Morgan fingerprint density at radius 2 is 1.93 bits per heavy atom. The molecule has 1 saturated heterocycles. The third kappa shape index (κ3) is 5.45. The fourth-order valence-electron chi connectivity index (χ4n) is 3.11. The summed E-state index contributed by atoms with van der Waals surface area (Å²) in [7, 11) is 0. The highest BCUT2D eigenvalue weighted by atomic mass is 35.5. The third-order valence-electron chi connectivity index (χ3n) is 4.53. The average molecular weight is 406 g/mol. The largest absolute Gasteiger partial charge is 0.490 e. The van der Waals surface area contributed by atoms with Crippen LogP contribution in [0.3, 0.4) is 0 Å². The fraction of sp³-hybridized carbons (Fsp3) is 0.333. The second-order valence-electron chi connectivity index (χ2n) is 6.57. The van der Waals surface area contributed by atoms with E-state index in [0.29, 0.717) is 42.3 Å². The topological polar surface area (TPSA) is 55.8 Å². The first-order valence-corrected chi connectivity index (χ1v) is 9.50. The molecular weight excluding hydrogens is 385 g/mol. The number of piperidine rings is 1. The van der Waals surface area contributed by atoms with E-state index in [1.54, 1.807) is 29.2 Å². The first-order valence-electron chi connectivity index (χ1n) is 9.13. The number of halogens is 2. The van der Waals surface area contributed by atoms with Gasteiger partial charge in [-0.15, -0.1) is 0 Å². The Morgan fingerprint density at radius 3 is 2.68 bits per heavy atom. The number of esters is 1. The van der Waals surface area contributed by atoms with Crippen LogP contribution in [0.1, 0.15) is 23.2 Å². The van der Waals surface area contributed by atoms with Crippen LogP contribution in [0, 0.1) is 11.7 Å². The SMILES string of the molecule is O=C(OCCOc1cccc(Cl)c1)C1CCCN(C(=O)c2ccc(F)cc2)C1. The zero-order chi connectivity index (χ0) is 19.9. The predicted octanol–water partition coefficient (Wildman–Crippen LogP) is 3.95. The summed E-state index contributed by atoms with van der Waals surface area (Å²) in [5.41, 5.74) is 0.408. The van der Waals surface area contributed by atoms with Crippen molar-refractivity contribution in [2.45, 2.75) is 12.8 Å². The standard InChI is InChI=1S/C21H21ClFNO4/c22-17-4-1-5-19(13-17)27-11-12-28-21(26)16-3-2-10-24(14-16)20(25)15-6-8-18(23)9-7-15/h1,4-9,13,16H,2-3,10-12,14H2. The molecule has 2 aromatic carbocycles. The van der Waals surface area contributed by atoms with Crippen molar-refractivity contribution in [2.75, 3.05) is 26.3 Å². The van der Waals surface area contributed by atoms with Gasteiger partial charge >= 0.3 is 5.97 Å². The number of carbonyl (C=O) groups excluding carboxylic acids is 2. The number of rotatable bonds is 6. The van der Waals surface area contributed by atoms with E-state index >= 15 is 0 Å². The summed E-state index contributed by atoms with van der Waals surface area (Å²) in [5, 5.41) is 0.572. The lowest BCUT2D eigenvalue weighted by Gasteiger charge is -2.31. The van der Waals surface area contributed by atoms with Crippen LogP contribution in [-0.2, 0) is 9.53 Å². The Balaban J connectivity index is 1.46. The van der Waals surface area contributed by atoms with Crippen LogP contribution in [0.25, 0.3) is 0 Å². The molecule has 1 atom stereocenters. The lowest BCUT2D eigenvalue weighted by molar-refractivity contribution is -0.150. The maximum absolute atomic E-state index is 13.0. The van der Waals surface area contributed by atoms with Crippen molar-refractivity contribution in [3.63, 3.8) is 0 Å². The minimum Gasteiger partial charge on any atom is -0.490 e. The van der Waals surface area contributed by atoms with Gasteiger partial charge in [-0.05, 0) is 55.3 Å². The second kappa shape index (κ2) is 9.55. The van der Waals surface area contributed by atoms with Gasteiger partial charge < -0.3 is 14.4 Å². The Kier molecular flexibility index (Phi) is 6.87. The second-order valence-corrected chi connectivity index (χ2v) is 7.01. The average Bonchev–Trinajstić information content (AvgIpc) is 2.71. The van der Waals surface area contributed by atoms with E-state index in [4.69, 9.17) is 21.1 Å². The van der Waals surface area contributed by atoms with Gasteiger partial charge in [0.1, 0.15) is 24.8 Å². The minimum atomic E-state index is -0.392. The van der Waals surface area contributed by atoms with Crippen LogP contribution in [0.4, 0.5) is 4.39 Å². The monoisotopic (exact) mass is 405 g/mol. The number of carbonyl (C=O) groups is 2.